The monoisotopic (exact) mass is 369 g/mol. The Hall–Kier alpha value is -3.44. The molecule has 12 heteroatoms. The van der Waals surface area contributed by atoms with Crippen LogP contribution in [0.25, 0.3) is 11.6 Å². The summed E-state index contributed by atoms with van der Waals surface area (Å²) in [5.41, 5.74) is 4.28. The lowest BCUT2D eigenvalue weighted by Crippen LogP contribution is -2.11. The number of anilines is 3. The lowest BCUT2D eigenvalue weighted by molar-refractivity contribution is -0.141. The molecule has 7 nitrogen and oxygen atoms in total. The molecule has 0 aliphatic carbocycles. The quantitative estimate of drug-likeness (QED) is 0.684. The maximum Gasteiger partial charge on any atom is 0.433 e. The highest BCUT2D eigenvalue weighted by atomic mass is 19.4. The van der Waals surface area contributed by atoms with Crippen molar-refractivity contribution in [2.75, 3.05) is 11.1 Å². The summed E-state index contributed by atoms with van der Waals surface area (Å²) in [4.78, 5) is 18.2. The van der Waals surface area contributed by atoms with E-state index in [9.17, 15) is 22.0 Å². The topological polar surface area (TPSA) is 102 Å². The first-order valence-corrected chi connectivity index (χ1v) is 6.86. The smallest absolute Gasteiger partial charge is 0.368 e. The van der Waals surface area contributed by atoms with Crippen LogP contribution in [0.15, 0.2) is 30.5 Å². The molecular formula is C14H8F5N7. The van der Waals surface area contributed by atoms with Gasteiger partial charge in [0.1, 0.15) is 17.3 Å². The van der Waals surface area contributed by atoms with Crippen molar-refractivity contribution in [2.24, 2.45) is 0 Å². The number of hydrogen-bond acceptors (Lipinski definition) is 7. The van der Waals surface area contributed by atoms with E-state index >= 15 is 0 Å². The fourth-order valence-corrected chi connectivity index (χ4v) is 1.93. The first-order chi connectivity index (χ1) is 12.2. The molecule has 134 valence electrons. The third-order valence-electron chi connectivity index (χ3n) is 2.92. The lowest BCUT2D eigenvalue weighted by atomic mass is 10.3. The summed E-state index contributed by atoms with van der Waals surface area (Å²) >= 11 is 0. The van der Waals surface area contributed by atoms with Crippen LogP contribution in [-0.4, -0.2) is 24.9 Å². The molecule has 3 aromatic rings. The van der Waals surface area contributed by atoms with Gasteiger partial charge in [0.05, 0.1) is 0 Å². The van der Waals surface area contributed by atoms with Gasteiger partial charge < -0.3 is 11.1 Å². The highest BCUT2D eigenvalue weighted by molar-refractivity contribution is 5.57. The van der Waals surface area contributed by atoms with E-state index < -0.39 is 29.3 Å². The van der Waals surface area contributed by atoms with Crippen molar-refractivity contribution in [1.29, 1.82) is 0 Å². The molecule has 0 spiro atoms. The van der Waals surface area contributed by atoms with Crippen LogP contribution < -0.4 is 11.1 Å². The van der Waals surface area contributed by atoms with Crippen LogP contribution >= 0.6 is 0 Å². The largest absolute Gasteiger partial charge is 0.433 e. The minimum Gasteiger partial charge on any atom is -0.368 e. The van der Waals surface area contributed by atoms with Gasteiger partial charge in [-0.05, 0) is 18.2 Å². The Balaban J connectivity index is 1.98. The van der Waals surface area contributed by atoms with E-state index in [1.54, 1.807) is 0 Å². The summed E-state index contributed by atoms with van der Waals surface area (Å²) in [5.74, 6) is -3.09. The molecule has 0 radical (unpaired) electrons. The Bertz CT molecular complexity index is 940. The Morgan fingerprint density at radius 1 is 0.885 bits per heavy atom. The fraction of sp³-hybridized carbons (Fsp3) is 0.0714. The van der Waals surface area contributed by atoms with Gasteiger partial charge in [0, 0.05) is 18.0 Å². The van der Waals surface area contributed by atoms with Crippen LogP contribution in [0.5, 0.6) is 0 Å². The van der Waals surface area contributed by atoms with E-state index in [0.29, 0.717) is 12.1 Å². The Morgan fingerprint density at radius 3 is 2.23 bits per heavy atom. The van der Waals surface area contributed by atoms with Crippen LogP contribution in [-0.2, 0) is 6.18 Å². The maximum absolute atomic E-state index is 13.2. The van der Waals surface area contributed by atoms with Gasteiger partial charge in [0.15, 0.2) is 5.82 Å². The molecule has 0 bridgehead atoms. The van der Waals surface area contributed by atoms with Crippen LogP contribution in [0.4, 0.5) is 39.5 Å². The van der Waals surface area contributed by atoms with E-state index in [1.807, 2.05) is 0 Å². The zero-order valence-electron chi connectivity index (χ0n) is 12.6. The van der Waals surface area contributed by atoms with Crippen LogP contribution in [0, 0.1) is 11.6 Å². The number of halogens is 5. The fourth-order valence-electron chi connectivity index (χ4n) is 1.93. The molecule has 2 heterocycles. The molecule has 2 aromatic heterocycles. The average Bonchev–Trinajstić information content (AvgIpc) is 2.52. The number of rotatable bonds is 3. The summed E-state index contributed by atoms with van der Waals surface area (Å²) < 4.78 is 64.7. The number of nitrogens with zero attached hydrogens (tertiary/aromatic N) is 5. The minimum absolute atomic E-state index is 0.0380. The summed E-state index contributed by atoms with van der Waals surface area (Å²) in [6, 6.07) is 3.27. The molecule has 0 amide bonds. The van der Waals surface area contributed by atoms with Gasteiger partial charge in [-0.2, -0.15) is 28.1 Å². The Morgan fingerprint density at radius 2 is 1.58 bits per heavy atom. The molecule has 26 heavy (non-hydrogen) atoms. The second-order valence-electron chi connectivity index (χ2n) is 4.89. The first kappa shape index (κ1) is 17.4. The predicted molar refractivity (Wildman–Crippen MR) is 79.9 cm³/mol. The zero-order chi connectivity index (χ0) is 18.9. The third kappa shape index (κ3) is 3.96. The van der Waals surface area contributed by atoms with Crippen LogP contribution in [0.2, 0.25) is 0 Å². The summed E-state index contributed by atoms with van der Waals surface area (Å²) in [6.45, 7) is 0. The number of nitrogens with one attached hydrogen (secondary N) is 1. The van der Waals surface area contributed by atoms with Crippen LogP contribution in [0.1, 0.15) is 5.69 Å². The van der Waals surface area contributed by atoms with Gasteiger partial charge in [0.25, 0.3) is 0 Å². The molecule has 3 N–H and O–H groups in total. The summed E-state index contributed by atoms with van der Waals surface area (Å²) in [7, 11) is 0. The molecule has 0 saturated heterocycles. The predicted octanol–water partition coefficient (Wildman–Crippen LogP) is 2.95. The first-order valence-electron chi connectivity index (χ1n) is 6.86. The van der Waals surface area contributed by atoms with Crippen molar-refractivity contribution in [1.82, 2.24) is 24.9 Å². The normalized spacial score (nSPS) is 11.4. The molecule has 0 unspecified atom stereocenters. The van der Waals surface area contributed by atoms with Crippen LogP contribution in [0.3, 0.4) is 0 Å². The lowest BCUT2D eigenvalue weighted by Gasteiger charge is -2.09. The van der Waals surface area contributed by atoms with Crippen molar-refractivity contribution in [3.63, 3.8) is 0 Å². The number of nitrogens with two attached hydrogens (primary N) is 1. The summed E-state index contributed by atoms with van der Waals surface area (Å²) in [6.07, 6.45) is -3.80. The van der Waals surface area contributed by atoms with Gasteiger partial charge >= 0.3 is 6.18 Å². The standard InChI is InChI=1S/C14H8F5N7/c15-6-3-7(16)5-8(4-6)22-13-25-11(24-12(20)26-13)10-21-2-1-9(23-10)14(17,18)19/h1-5H,(H3,20,22,24,25,26). The van der Waals surface area contributed by atoms with Gasteiger partial charge in [-0.3, -0.25) is 0 Å². The van der Waals surface area contributed by atoms with E-state index in [1.165, 1.54) is 0 Å². The zero-order valence-corrected chi connectivity index (χ0v) is 12.6. The second-order valence-corrected chi connectivity index (χ2v) is 4.89. The highest BCUT2D eigenvalue weighted by Gasteiger charge is 2.33. The van der Waals surface area contributed by atoms with Gasteiger partial charge in [-0.15, -0.1) is 0 Å². The molecule has 0 atom stereocenters. The van der Waals surface area contributed by atoms with E-state index in [-0.39, 0.29) is 23.4 Å². The number of hydrogen-bond donors (Lipinski definition) is 2. The van der Waals surface area contributed by atoms with Crippen molar-refractivity contribution in [3.05, 3.63) is 47.8 Å². The molecular weight excluding hydrogens is 361 g/mol. The third-order valence-corrected chi connectivity index (χ3v) is 2.92. The minimum atomic E-state index is -4.68. The van der Waals surface area contributed by atoms with E-state index in [2.05, 4.69) is 30.2 Å². The van der Waals surface area contributed by atoms with Gasteiger partial charge in [-0.25, -0.2) is 18.7 Å². The van der Waals surface area contributed by atoms with E-state index in [0.717, 1.165) is 18.3 Å². The van der Waals surface area contributed by atoms with Gasteiger partial charge in [-0.1, -0.05) is 0 Å². The molecule has 0 aliphatic heterocycles. The highest BCUT2D eigenvalue weighted by Crippen LogP contribution is 2.28. The number of aromatic nitrogens is 5. The van der Waals surface area contributed by atoms with Crippen molar-refractivity contribution >= 4 is 17.6 Å². The maximum atomic E-state index is 13.2. The second kappa shape index (κ2) is 6.46. The SMILES string of the molecule is Nc1nc(Nc2cc(F)cc(F)c2)nc(-c2nccc(C(F)(F)F)n2)n1. The Labute approximate surface area is 142 Å². The molecule has 0 fully saturated rings. The van der Waals surface area contributed by atoms with Gasteiger partial charge in [0.2, 0.25) is 17.7 Å². The molecule has 0 aliphatic rings. The van der Waals surface area contributed by atoms with Crippen molar-refractivity contribution < 1.29 is 22.0 Å². The average molecular weight is 369 g/mol. The van der Waals surface area contributed by atoms with Crippen molar-refractivity contribution in [2.45, 2.75) is 6.18 Å². The molecule has 1 aromatic carbocycles. The number of alkyl halides is 3. The van der Waals surface area contributed by atoms with E-state index in [4.69, 9.17) is 5.73 Å². The van der Waals surface area contributed by atoms with Crippen molar-refractivity contribution in [3.8, 4) is 11.6 Å². The Kier molecular flexibility index (Phi) is 4.32. The molecule has 0 saturated carbocycles. The summed E-state index contributed by atoms with van der Waals surface area (Å²) in [5, 5.41) is 2.48. The number of nitrogen functional groups attached to an aromatic ring is 1. The molecule has 3 rings (SSSR count). The number of benzene rings is 1.